The molecule has 0 bridgehead atoms. The summed E-state index contributed by atoms with van der Waals surface area (Å²) in [6.45, 7) is 0. The van der Waals surface area contributed by atoms with Crippen molar-refractivity contribution in [2.45, 2.75) is 5.41 Å². The molecule has 0 heterocycles. The summed E-state index contributed by atoms with van der Waals surface area (Å²) in [6.07, 6.45) is 0. The van der Waals surface area contributed by atoms with Crippen LogP contribution in [-0.2, 0) is 15.0 Å². The molecule has 6 nitrogen and oxygen atoms in total. The van der Waals surface area contributed by atoms with Gasteiger partial charge < -0.3 is 20.9 Å². The van der Waals surface area contributed by atoms with Crippen molar-refractivity contribution in [3.8, 4) is 11.5 Å². The minimum absolute atomic E-state index is 0.200. The molecule has 0 aromatic heterocycles. The van der Waals surface area contributed by atoms with Crippen molar-refractivity contribution in [3.63, 3.8) is 0 Å². The van der Waals surface area contributed by atoms with Crippen molar-refractivity contribution in [2.24, 2.45) is 11.5 Å². The highest BCUT2D eigenvalue weighted by atomic mass is 35.5. The Labute approximate surface area is 154 Å². The van der Waals surface area contributed by atoms with Gasteiger partial charge in [-0.3, -0.25) is 9.59 Å². The second-order valence-electron chi connectivity index (χ2n) is 5.18. The summed E-state index contributed by atoms with van der Waals surface area (Å²) in [4.78, 5) is 24.7. The van der Waals surface area contributed by atoms with Gasteiger partial charge in [0, 0.05) is 0 Å². The molecule has 0 aliphatic carbocycles. The standard InChI is InChI=1S/C17H16Cl2N2O4/c1-24-13-5-3-9(7-11(13)18)17(15(20)22,16(21)23)10-4-6-14(25-2)12(19)8-10/h3-8H,1-2H3,(H2,20,22)(H2,21,23). The van der Waals surface area contributed by atoms with Crippen LogP contribution in [0, 0.1) is 0 Å². The predicted octanol–water partition coefficient (Wildman–Crippen LogP) is 2.27. The minimum Gasteiger partial charge on any atom is -0.495 e. The summed E-state index contributed by atoms with van der Waals surface area (Å²) >= 11 is 12.3. The molecule has 2 aromatic carbocycles. The normalized spacial score (nSPS) is 11.0. The summed E-state index contributed by atoms with van der Waals surface area (Å²) in [5, 5.41) is 0.401. The molecule has 0 saturated carbocycles. The molecule has 0 atom stereocenters. The number of carbonyl (C=O) groups excluding carboxylic acids is 2. The first-order valence-electron chi connectivity index (χ1n) is 7.06. The van der Waals surface area contributed by atoms with Crippen molar-refractivity contribution >= 4 is 35.0 Å². The maximum atomic E-state index is 12.4. The third-order valence-corrected chi connectivity index (χ3v) is 4.50. The van der Waals surface area contributed by atoms with E-state index >= 15 is 0 Å². The number of ether oxygens (including phenoxy) is 2. The van der Waals surface area contributed by atoms with Crippen LogP contribution in [0.5, 0.6) is 11.5 Å². The molecule has 25 heavy (non-hydrogen) atoms. The first kappa shape index (κ1) is 18.9. The molecule has 2 amide bonds. The van der Waals surface area contributed by atoms with Crippen molar-refractivity contribution in [1.29, 1.82) is 0 Å². The minimum atomic E-state index is -1.95. The van der Waals surface area contributed by atoms with Crippen LogP contribution in [0.4, 0.5) is 0 Å². The number of halogens is 2. The molecule has 0 radical (unpaired) electrons. The van der Waals surface area contributed by atoms with Crippen LogP contribution in [-0.4, -0.2) is 26.0 Å². The number of amides is 2. The fourth-order valence-corrected chi connectivity index (χ4v) is 3.17. The van der Waals surface area contributed by atoms with Gasteiger partial charge in [-0.05, 0) is 35.4 Å². The second-order valence-corrected chi connectivity index (χ2v) is 5.99. The van der Waals surface area contributed by atoms with Crippen LogP contribution in [0.15, 0.2) is 36.4 Å². The van der Waals surface area contributed by atoms with Gasteiger partial charge in [0.2, 0.25) is 11.8 Å². The van der Waals surface area contributed by atoms with Gasteiger partial charge in [-0.2, -0.15) is 0 Å². The highest BCUT2D eigenvalue weighted by Gasteiger charge is 2.47. The number of carbonyl (C=O) groups is 2. The summed E-state index contributed by atoms with van der Waals surface area (Å²) in [5.74, 6) is -1.16. The molecule has 0 saturated heterocycles. The van der Waals surface area contributed by atoms with E-state index in [9.17, 15) is 9.59 Å². The molecule has 0 aliphatic rings. The topological polar surface area (TPSA) is 105 Å². The van der Waals surface area contributed by atoms with Crippen LogP contribution in [0.2, 0.25) is 10.0 Å². The number of hydrogen-bond acceptors (Lipinski definition) is 4. The van der Waals surface area contributed by atoms with E-state index in [0.29, 0.717) is 11.5 Å². The molecule has 0 unspecified atom stereocenters. The van der Waals surface area contributed by atoms with E-state index < -0.39 is 17.2 Å². The van der Waals surface area contributed by atoms with Gasteiger partial charge in [0.1, 0.15) is 11.5 Å². The zero-order chi connectivity index (χ0) is 18.8. The monoisotopic (exact) mass is 382 g/mol. The lowest BCUT2D eigenvalue weighted by Crippen LogP contribution is -2.52. The Morgan fingerprint density at radius 1 is 0.840 bits per heavy atom. The fourth-order valence-electron chi connectivity index (χ4n) is 2.66. The zero-order valence-electron chi connectivity index (χ0n) is 13.5. The molecular weight excluding hydrogens is 367 g/mol. The number of hydrogen-bond donors (Lipinski definition) is 2. The van der Waals surface area contributed by atoms with Gasteiger partial charge in [0.25, 0.3) is 0 Å². The Balaban J connectivity index is 2.79. The van der Waals surface area contributed by atoms with Gasteiger partial charge in [0.15, 0.2) is 5.41 Å². The van der Waals surface area contributed by atoms with Gasteiger partial charge in [-0.15, -0.1) is 0 Å². The number of primary amides is 2. The Kier molecular flexibility index (Phi) is 5.45. The Bertz CT molecular complexity index is 770. The van der Waals surface area contributed by atoms with Crippen LogP contribution >= 0.6 is 23.2 Å². The first-order valence-corrected chi connectivity index (χ1v) is 7.82. The summed E-state index contributed by atoms with van der Waals surface area (Å²) in [6, 6.07) is 8.85. The number of methoxy groups -OCH3 is 2. The quantitative estimate of drug-likeness (QED) is 0.747. The van der Waals surface area contributed by atoms with E-state index in [0.717, 1.165) is 0 Å². The first-order chi connectivity index (χ1) is 11.8. The summed E-state index contributed by atoms with van der Waals surface area (Å²) in [5.41, 5.74) is 9.64. The maximum absolute atomic E-state index is 12.4. The lowest BCUT2D eigenvalue weighted by Gasteiger charge is -2.29. The van der Waals surface area contributed by atoms with Crippen molar-refractivity contribution in [3.05, 3.63) is 57.6 Å². The number of benzene rings is 2. The van der Waals surface area contributed by atoms with Crippen molar-refractivity contribution in [2.75, 3.05) is 14.2 Å². The Hall–Kier alpha value is -2.44. The van der Waals surface area contributed by atoms with E-state index in [2.05, 4.69) is 0 Å². The third-order valence-electron chi connectivity index (χ3n) is 3.91. The molecule has 0 spiro atoms. The molecule has 2 rings (SSSR count). The number of nitrogens with two attached hydrogens (primary N) is 2. The zero-order valence-corrected chi connectivity index (χ0v) is 15.0. The van der Waals surface area contributed by atoms with Crippen LogP contribution in [0.3, 0.4) is 0 Å². The van der Waals surface area contributed by atoms with Gasteiger partial charge >= 0.3 is 0 Å². The van der Waals surface area contributed by atoms with Crippen LogP contribution in [0.1, 0.15) is 11.1 Å². The smallest absolute Gasteiger partial charge is 0.242 e. The summed E-state index contributed by atoms with van der Waals surface area (Å²) in [7, 11) is 2.89. The van der Waals surface area contributed by atoms with E-state index in [1.807, 2.05) is 0 Å². The van der Waals surface area contributed by atoms with E-state index in [1.165, 1.54) is 50.6 Å². The average Bonchev–Trinajstić information content (AvgIpc) is 2.55. The maximum Gasteiger partial charge on any atom is 0.242 e. The Morgan fingerprint density at radius 3 is 1.44 bits per heavy atom. The SMILES string of the molecule is COc1ccc(C(C(N)=O)(C(N)=O)c2ccc(OC)c(Cl)c2)cc1Cl. The lowest BCUT2D eigenvalue weighted by atomic mass is 9.73. The Morgan fingerprint density at radius 2 is 1.20 bits per heavy atom. The second kappa shape index (κ2) is 7.21. The molecular formula is C17H16Cl2N2O4. The highest BCUT2D eigenvalue weighted by Crippen LogP contribution is 2.38. The predicted molar refractivity (Wildman–Crippen MR) is 95.2 cm³/mol. The van der Waals surface area contributed by atoms with Crippen LogP contribution < -0.4 is 20.9 Å². The molecule has 4 N–H and O–H groups in total. The van der Waals surface area contributed by atoms with Crippen LogP contribution in [0.25, 0.3) is 0 Å². The summed E-state index contributed by atoms with van der Waals surface area (Å²) < 4.78 is 10.2. The van der Waals surface area contributed by atoms with Crippen molar-refractivity contribution in [1.82, 2.24) is 0 Å². The van der Waals surface area contributed by atoms with E-state index in [1.54, 1.807) is 0 Å². The van der Waals surface area contributed by atoms with Crippen molar-refractivity contribution < 1.29 is 19.1 Å². The molecule has 8 heteroatoms. The largest absolute Gasteiger partial charge is 0.495 e. The fraction of sp³-hybridized carbons (Fsp3) is 0.176. The van der Waals surface area contributed by atoms with Gasteiger partial charge in [-0.25, -0.2) is 0 Å². The van der Waals surface area contributed by atoms with Gasteiger partial charge in [0.05, 0.1) is 24.3 Å². The molecule has 0 fully saturated rings. The lowest BCUT2D eigenvalue weighted by molar-refractivity contribution is -0.132. The van der Waals surface area contributed by atoms with Gasteiger partial charge in [-0.1, -0.05) is 35.3 Å². The number of rotatable bonds is 6. The molecule has 132 valence electrons. The highest BCUT2D eigenvalue weighted by molar-refractivity contribution is 6.33. The van der Waals surface area contributed by atoms with E-state index in [4.69, 9.17) is 44.1 Å². The third kappa shape index (κ3) is 3.10. The van der Waals surface area contributed by atoms with E-state index in [-0.39, 0.29) is 21.2 Å². The molecule has 2 aromatic rings. The molecule has 0 aliphatic heterocycles. The average molecular weight is 383 g/mol.